The van der Waals surface area contributed by atoms with E-state index in [0.717, 1.165) is 38.4 Å². The van der Waals surface area contributed by atoms with Gasteiger partial charge in [0.2, 0.25) is 0 Å². The molecule has 1 unspecified atom stereocenters. The minimum absolute atomic E-state index is 0.400. The van der Waals surface area contributed by atoms with Gasteiger partial charge in [-0.05, 0) is 69.6 Å². The summed E-state index contributed by atoms with van der Waals surface area (Å²) in [6.07, 6.45) is 6.62. The maximum absolute atomic E-state index is 4.91. The molecule has 2 aromatic rings. The lowest BCUT2D eigenvalue weighted by molar-refractivity contribution is 0.255. The molecule has 6 nitrogen and oxygen atoms in total. The van der Waals surface area contributed by atoms with Crippen molar-refractivity contribution in [1.82, 2.24) is 25.7 Å². The summed E-state index contributed by atoms with van der Waals surface area (Å²) in [5.41, 5.74) is 2.46. The Kier molecular flexibility index (Phi) is 7.71. The largest absolute Gasteiger partial charge is 0.357 e. The van der Waals surface area contributed by atoms with Crippen LogP contribution in [0.25, 0.3) is 0 Å². The van der Waals surface area contributed by atoms with Crippen molar-refractivity contribution >= 4 is 17.3 Å². The third kappa shape index (κ3) is 5.81. The van der Waals surface area contributed by atoms with Gasteiger partial charge in [-0.25, -0.2) is 0 Å². The molecule has 0 aliphatic carbocycles. The normalized spacial score (nSPS) is 16.6. The number of nitrogens with one attached hydrogen (secondary N) is 3. The number of likely N-dealkylation sites (tertiary alicyclic amines) is 1. The first-order chi connectivity index (χ1) is 13.3. The summed E-state index contributed by atoms with van der Waals surface area (Å²) in [5.74, 6) is 0.919. The summed E-state index contributed by atoms with van der Waals surface area (Å²) in [6.45, 7) is 9.15. The lowest BCUT2D eigenvalue weighted by Gasteiger charge is -2.25. The van der Waals surface area contributed by atoms with E-state index in [4.69, 9.17) is 4.99 Å². The Labute approximate surface area is 166 Å². The van der Waals surface area contributed by atoms with Crippen LogP contribution in [0.5, 0.6) is 0 Å². The predicted molar refractivity (Wildman–Crippen MR) is 113 cm³/mol. The minimum Gasteiger partial charge on any atom is -0.357 e. The molecule has 1 aliphatic heterocycles. The number of aryl methyl sites for hydroxylation is 2. The topological polar surface area (TPSA) is 68.3 Å². The van der Waals surface area contributed by atoms with Crippen LogP contribution < -0.4 is 10.6 Å². The number of hydrogen-bond acceptors (Lipinski definition) is 4. The van der Waals surface area contributed by atoms with E-state index in [-0.39, 0.29) is 0 Å². The molecule has 0 amide bonds. The van der Waals surface area contributed by atoms with E-state index in [0.29, 0.717) is 6.04 Å². The average molecular weight is 389 g/mol. The smallest absolute Gasteiger partial charge is 0.191 e. The van der Waals surface area contributed by atoms with Crippen molar-refractivity contribution in [3.8, 4) is 0 Å². The predicted octanol–water partition coefficient (Wildman–Crippen LogP) is 3.10. The molecule has 1 aliphatic rings. The number of rotatable bonds is 9. The van der Waals surface area contributed by atoms with Crippen molar-refractivity contribution in [1.29, 1.82) is 0 Å². The van der Waals surface area contributed by atoms with E-state index in [1.165, 1.54) is 42.1 Å². The number of hydrogen-bond donors (Lipinski definition) is 3. The summed E-state index contributed by atoms with van der Waals surface area (Å²) < 4.78 is 0. The molecule has 0 spiro atoms. The summed E-state index contributed by atoms with van der Waals surface area (Å²) in [5, 5.41) is 16.1. The zero-order valence-electron chi connectivity index (χ0n) is 16.5. The van der Waals surface area contributed by atoms with E-state index >= 15 is 0 Å². The summed E-state index contributed by atoms with van der Waals surface area (Å²) in [7, 11) is 0. The van der Waals surface area contributed by atoms with Gasteiger partial charge in [0.1, 0.15) is 0 Å². The van der Waals surface area contributed by atoms with Crippen LogP contribution in [0, 0.1) is 6.92 Å². The summed E-state index contributed by atoms with van der Waals surface area (Å²) >= 11 is 1.84. The zero-order valence-corrected chi connectivity index (χ0v) is 17.3. The van der Waals surface area contributed by atoms with Gasteiger partial charge in [-0.3, -0.25) is 15.0 Å². The van der Waals surface area contributed by atoms with Gasteiger partial charge in [0, 0.05) is 23.7 Å². The molecule has 0 saturated carbocycles. The molecular formula is C20H32N6S. The van der Waals surface area contributed by atoms with Gasteiger partial charge in [0.25, 0.3) is 0 Å². The molecule has 2 aromatic heterocycles. The van der Waals surface area contributed by atoms with Crippen LogP contribution in [0.4, 0.5) is 0 Å². The monoisotopic (exact) mass is 388 g/mol. The fourth-order valence-electron chi connectivity index (χ4n) is 3.55. The highest BCUT2D eigenvalue weighted by atomic mass is 32.1. The Morgan fingerprint density at radius 2 is 2.22 bits per heavy atom. The molecule has 3 N–H and O–H groups in total. The number of thiophene rings is 1. The number of nitrogens with zero attached hydrogens (tertiary/aromatic N) is 3. The molecule has 7 heteroatoms. The Hall–Kier alpha value is -1.86. The first-order valence-electron chi connectivity index (χ1n) is 10.1. The Morgan fingerprint density at radius 1 is 1.37 bits per heavy atom. The molecule has 1 atom stereocenters. The van der Waals surface area contributed by atoms with Crippen LogP contribution in [0.1, 0.15) is 48.4 Å². The first-order valence-corrected chi connectivity index (χ1v) is 10.9. The van der Waals surface area contributed by atoms with Gasteiger partial charge >= 0.3 is 0 Å². The number of H-pyrrole nitrogens is 1. The van der Waals surface area contributed by atoms with Gasteiger partial charge in [-0.1, -0.05) is 6.07 Å². The quantitative estimate of drug-likeness (QED) is 0.351. The molecule has 27 heavy (non-hydrogen) atoms. The molecule has 3 rings (SSSR count). The van der Waals surface area contributed by atoms with Crippen molar-refractivity contribution in [2.45, 2.75) is 45.6 Å². The number of aromatic amines is 1. The maximum atomic E-state index is 4.91. The number of aliphatic imine (C=N–C) groups is 1. The van der Waals surface area contributed by atoms with Crippen LogP contribution >= 0.6 is 11.3 Å². The van der Waals surface area contributed by atoms with Crippen molar-refractivity contribution in [2.24, 2.45) is 4.99 Å². The Bertz CT molecular complexity index is 687. The third-order valence-electron chi connectivity index (χ3n) is 5.07. The van der Waals surface area contributed by atoms with Gasteiger partial charge in [-0.2, -0.15) is 5.10 Å². The number of aromatic nitrogens is 2. The molecule has 3 heterocycles. The second-order valence-corrected chi connectivity index (χ2v) is 8.02. The Balaban J connectivity index is 1.54. The van der Waals surface area contributed by atoms with Crippen LogP contribution in [-0.2, 0) is 6.42 Å². The minimum atomic E-state index is 0.400. The van der Waals surface area contributed by atoms with Crippen molar-refractivity contribution < 1.29 is 0 Å². The van der Waals surface area contributed by atoms with Crippen molar-refractivity contribution in [3.63, 3.8) is 0 Å². The zero-order chi connectivity index (χ0) is 18.9. The van der Waals surface area contributed by atoms with Crippen molar-refractivity contribution in [2.75, 3.05) is 32.7 Å². The van der Waals surface area contributed by atoms with Crippen molar-refractivity contribution in [3.05, 3.63) is 39.8 Å². The van der Waals surface area contributed by atoms with Gasteiger partial charge in [0.05, 0.1) is 18.8 Å². The van der Waals surface area contributed by atoms with E-state index in [1.54, 1.807) is 0 Å². The molecule has 148 valence electrons. The third-order valence-corrected chi connectivity index (χ3v) is 6.04. The van der Waals surface area contributed by atoms with E-state index in [2.05, 4.69) is 57.1 Å². The molecule has 0 bridgehead atoms. The highest BCUT2D eigenvalue weighted by molar-refractivity contribution is 7.10. The van der Waals surface area contributed by atoms with E-state index in [9.17, 15) is 0 Å². The standard InChI is InChI=1S/C20H32N6S/c1-3-21-20(22-10-6-8-17-14-24-25-16(17)2)23-15-18(19-9-7-13-27-19)26-11-4-5-12-26/h7,9,13-14,18H,3-6,8,10-12,15H2,1-2H3,(H,24,25)(H2,21,22,23). The Morgan fingerprint density at radius 3 is 2.89 bits per heavy atom. The second kappa shape index (κ2) is 10.5. The first kappa shape index (κ1) is 19.9. The maximum Gasteiger partial charge on any atom is 0.191 e. The van der Waals surface area contributed by atoms with Crippen LogP contribution in [0.2, 0.25) is 0 Å². The highest BCUT2D eigenvalue weighted by Gasteiger charge is 2.24. The fraction of sp³-hybridized carbons (Fsp3) is 0.600. The molecule has 0 radical (unpaired) electrons. The van der Waals surface area contributed by atoms with Gasteiger partial charge < -0.3 is 10.6 Å². The van der Waals surface area contributed by atoms with Crippen LogP contribution in [0.15, 0.2) is 28.7 Å². The summed E-state index contributed by atoms with van der Waals surface area (Å²) in [6, 6.07) is 4.79. The second-order valence-electron chi connectivity index (χ2n) is 7.04. The SMILES string of the molecule is CCNC(=NCC(c1cccs1)N1CCCC1)NCCCc1cn[nH]c1C. The molecular weight excluding hydrogens is 356 g/mol. The van der Waals surface area contributed by atoms with Crippen LogP contribution in [-0.4, -0.2) is 53.8 Å². The lowest BCUT2D eigenvalue weighted by atomic mass is 10.1. The molecule has 1 saturated heterocycles. The number of guanidine groups is 1. The lowest BCUT2D eigenvalue weighted by Crippen LogP contribution is -2.39. The highest BCUT2D eigenvalue weighted by Crippen LogP contribution is 2.28. The van der Waals surface area contributed by atoms with Crippen LogP contribution in [0.3, 0.4) is 0 Å². The fourth-order valence-corrected chi connectivity index (χ4v) is 4.40. The molecule has 0 aromatic carbocycles. The van der Waals surface area contributed by atoms with E-state index in [1.807, 2.05) is 17.5 Å². The van der Waals surface area contributed by atoms with E-state index < -0.39 is 0 Å². The van der Waals surface area contributed by atoms with Gasteiger partial charge in [-0.15, -0.1) is 11.3 Å². The average Bonchev–Trinajstić information content (AvgIpc) is 3.43. The van der Waals surface area contributed by atoms with Gasteiger partial charge in [0.15, 0.2) is 5.96 Å². The summed E-state index contributed by atoms with van der Waals surface area (Å²) in [4.78, 5) is 8.91. The molecule has 1 fully saturated rings.